The van der Waals surface area contributed by atoms with Gasteiger partial charge in [-0.3, -0.25) is 0 Å². The highest BCUT2D eigenvalue weighted by molar-refractivity contribution is 7.89. The summed E-state index contributed by atoms with van der Waals surface area (Å²) in [4.78, 5) is 2.25. The van der Waals surface area contributed by atoms with Crippen molar-refractivity contribution >= 4 is 21.6 Å². The van der Waals surface area contributed by atoms with E-state index in [1.807, 2.05) is 13.8 Å². The van der Waals surface area contributed by atoms with Crippen LogP contribution in [0.4, 0.5) is 0 Å². The van der Waals surface area contributed by atoms with E-state index in [0.29, 0.717) is 30.5 Å². The average Bonchev–Trinajstić information content (AvgIpc) is 2.58. The Balaban J connectivity index is 2.03. The predicted molar refractivity (Wildman–Crippen MR) is 98.8 cm³/mol. The van der Waals surface area contributed by atoms with Gasteiger partial charge in [0.2, 0.25) is 10.0 Å². The van der Waals surface area contributed by atoms with E-state index in [4.69, 9.17) is 16.3 Å². The molecular weight excluding hydrogens is 364 g/mol. The van der Waals surface area contributed by atoms with Crippen LogP contribution >= 0.6 is 11.6 Å². The van der Waals surface area contributed by atoms with Gasteiger partial charge in [-0.25, -0.2) is 13.1 Å². The summed E-state index contributed by atoms with van der Waals surface area (Å²) < 4.78 is 33.4. The molecule has 1 fully saturated rings. The van der Waals surface area contributed by atoms with E-state index in [9.17, 15) is 13.5 Å². The summed E-state index contributed by atoms with van der Waals surface area (Å²) in [6, 6.07) is 3.09. The van der Waals surface area contributed by atoms with E-state index in [-0.39, 0.29) is 17.4 Å². The first-order valence-corrected chi connectivity index (χ1v) is 10.5. The molecule has 0 bridgehead atoms. The second kappa shape index (κ2) is 9.19. The van der Waals surface area contributed by atoms with Gasteiger partial charge in [0.25, 0.3) is 0 Å². The lowest BCUT2D eigenvalue weighted by Crippen LogP contribution is -2.41. The Morgan fingerprint density at radius 3 is 2.88 bits per heavy atom. The molecule has 0 radical (unpaired) electrons. The molecule has 142 valence electrons. The van der Waals surface area contributed by atoms with Gasteiger partial charge in [-0.1, -0.05) is 11.6 Å². The van der Waals surface area contributed by atoms with Crippen molar-refractivity contribution in [2.24, 2.45) is 5.92 Å². The lowest BCUT2D eigenvalue weighted by atomic mass is 9.99. The van der Waals surface area contributed by atoms with Gasteiger partial charge in [-0.2, -0.15) is 0 Å². The quantitative estimate of drug-likeness (QED) is 0.710. The van der Waals surface area contributed by atoms with Crippen LogP contribution in [0.1, 0.15) is 25.3 Å². The second-order valence-corrected chi connectivity index (χ2v) is 8.51. The summed E-state index contributed by atoms with van der Waals surface area (Å²) in [6.07, 6.45) is 2.05. The third-order valence-corrected chi connectivity index (χ3v) is 6.29. The Morgan fingerprint density at radius 2 is 2.20 bits per heavy atom. The van der Waals surface area contributed by atoms with Gasteiger partial charge in [-0.05, 0) is 56.8 Å². The number of nitrogens with one attached hydrogen (secondary N) is 1. The molecule has 1 aromatic carbocycles. The number of hydrogen-bond acceptors (Lipinski definition) is 5. The van der Waals surface area contributed by atoms with E-state index in [1.165, 1.54) is 6.07 Å². The lowest BCUT2D eigenvalue weighted by Gasteiger charge is -2.31. The number of hydrogen-bond donors (Lipinski definition) is 2. The zero-order chi connectivity index (χ0) is 18.4. The fourth-order valence-corrected chi connectivity index (χ4v) is 4.43. The van der Waals surface area contributed by atoms with Gasteiger partial charge in [0, 0.05) is 31.3 Å². The minimum absolute atomic E-state index is 0.0665. The molecule has 1 unspecified atom stereocenters. The third kappa shape index (κ3) is 5.56. The number of aryl methyl sites for hydroxylation is 1. The molecule has 1 aromatic rings. The molecule has 0 spiro atoms. The Hall–Kier alpha value is -0.860. The van der Waals surface area contributed by atoms with E-state index in [1.54, 1.807) is 6.07 Å². The Labute approximate surface area is 155 Å². The number of benzene rings is 1. The van der Waals surface area contributed by atoms with Crippen LogP contribution in [-0.4, -0.2) is 57.8 Å². The fourth-order valence-electron chi connectivity index (χ4n) is 3.03. The van der Waals surface area contributed by atoms with Crippen molar-refractivity contribution < 1.29 is 18.3 Å². The van der Waals surface area contributed by atoms with Crippen molar-refractivity contribution in [3.8, 4) is 5.75 Å². The second-order valence-electron chi connectivity index (χ2n) is 6.37. The first kappa shape index (κ1) is 20.5. The highest BCUT2D eigenvalue weighted by Gasteiger charge is 2.23. The van der Waals surface area contributed by atoms with Gasteiger partial charge in [0.1, 0.15) is 10.6 Å². The highest BCUT2D eigenvalue weighted by Crippen LogP contribution is 2.30. The van der Waals surface area contributed by atoms with Gasteiger partial charge < -0.3 is 14.7 Å². The predicted octanol–water partition coefficient (Wildman–Crippen LogP) is 2.03. The number of sulfonamides is 1. The number of aliphatic hydroxyl groups excluding tert-OH is 1. The molecule has 1 aliphatic heterocycles. The molecular formula is C17H27ClN2O4S. The molecule has 2 N–H and O–H groups in total. The molecule has 0 amide bonds. The van der Waals surface area contributed by atoms with Crippen LogP contribution in [0.2, 0.25) is 5.02 Å². The SMILES string of the molecule is CCOc1cc(C)c(Cl)cc1S(=O)(=O)NCCN1CCCC(CO)C1. The monoisotopic (exact) mass is 390 g/mol. The first-order chi connectivity index (χ1) is 11.9. The summed E-state index contributed by atoms with van der Waals surface area (Å²) in [5.74, 6) is 0.598. The van der Waals surface area contributed by atoms with Crippen LogP contribution in [0.5, 0.6) is 5.75 Å². The Bertz CT molecular complexity index is 681. The largest absolute Gasteiger partial charge is 0.492 e. The molecule has 1 aliphatic rings. The molecule has 2 rings (SSSR count). The number of piperidine rings is 1. The van der Waals surface area contributed by atoms with Crippen LogP contribution in [0.15, 0.2) is 17.0 Å². The lowest BCUT2D eigenvalue weighted by molar-refractivity contribution is 0.122. The maximum Gasteiger partial charge on any atom is 0.244 e. The van der Waals surface area contributed by atoms with Crippen molar-refractivity contribution in [1.82, 2.24) is 9.62 Å². The van der Waals surface area contributed by atoms with Crippen LogP contribution in [-0.2, 0) is 10.0 Å². The minimum Gasteiger partial charge on any atom is -0.492 e. The number of likely N-dealkylation sites (tertiary alicyclic amines) is 1. The molecule has 0 saturated carbocycles. The van der Waals surface area contributed by atoms with Crippen molar-refractivity contribution in [2.75, 3.05) is 39.4 Å². The summed E-state index contributed by atoms with van der Waals surface area (Å²) in [6.45, 7) is 6.82. The zero-order valence-electron chi connectivity index (χ0n) is 14.8. The molecule has 1 atom stereocenters. The molecule has 8 heteroatoms. The number of aliphatic hydroxyl groups is 1. The number of ether oxygens (including phenoxy) is 1. The van der Waals surface area contributed by atoms with Crippen LogP contribution in [0, 0.1) is 12.8 Å². The van der Waals surface area contributed by atoms with Crippen molar-refractivity contribution in [2.45, 2.75) is 31.6 Å². The summed E-state index contributed by atoms with van der Waals surface area (Å²) in [5.41, 5.74) is 0.771. The van der Waals surface area contributed by atoms with E-state index in [2.05, 4.69) is 9.62 Å². The average molecular weight is 391 g/mol. The van der Waals surface area contributed by atoms with Gasteiger partial charge >= 0.3 is 0 Å². The topological polar surface area (TPSA) is 78.9 Å². The standard InChI is InChI=1S/C17H27ClN2O4S/c1-3-24-16-9-13(2)15(18)10-17(16)25(22,23)19-6-8-20-7-4-5-14(11-20)12-21/h9-10,14,19,21H,3-8,11-12H2,1-2H3. The molecule has 25 heavy (non-hydrogen) atoms. The highest BCUT2D eigenvalue weighted by atomic mass is 35.5. The number of halogens is 1. The zero-order valence-corrected chi connectivity index (χ0v) is 16.4. The number of rotatable bonds is 8. The summed E-state index contributed by atoms with van der Waals surface area (Å²) in [5, 5.41) is 9.67. The first-order valence-electron chi connectivity index (χ1n) is 8.63. The van der Waals surface area contributed by atoms with Crippen molar-refractivity contribution in [1.29, 1.82) is 0 Å². The molecule has 6 nitrogen and oxygen atoms in total. The molecule has 0 aliphatic carbocycles. The normalized spacial score (nSPS) is 19.1. The Morgan fingerprint density at radius 1 is 1.44 bits per heavy atom. The van der Waals surface area contributed by atoms with Gasteiger partial charge in [0.15, 0.2) is 0 Å². The van der Waals surface area contributed by atoms with Gasteiger partial charge in [-0.15, -0.1) is 0 Å². The maximum absolute atomic E-state index is 12.6. The van der Waals surface area contributed by atoms with Crippen LogP contribution in [0.3, 0.4) is 0 Å². The smallest absolute Gasteiger partial charge is 0.244 e. The van der Waals surface area contributed by atoms with E-state index < -0.39 is 10.0 Å². The summed E-state index contributed by atoms with van der Waals surface area (Å²) >= 11 is 6.10. The van der Waals surface area contributed by atoms with Gasteiger partial charge in [0.05, 0.1) is 6.61 Å². The maximum atomic E-state index is 12.6. The summed E-state index contributed by atoms with van der Waals surface area (Å²) in [7, 11) is -3.71. The minimum atomic E-state index is -3.71. The van der Waals surface area contributed by atoms with Crippen LogP contribution in [0.25, 0.3) is 0 Å². The molecule has 0 aromatic heterocycles. The number of nitrogens with zero attached hydrogens (tertiary/aromatic N) is 1. The molecule has 1 heterocycles. The fraction of sp³-hybridized carbons (Fsp3) is 0.647. The van der Waals surface area contributed by atoms with Crippen molar-refractivity contribution in [3.05, 3.63) is 22.7 Å². The van der Waals surface area contributed by atoms with Crippen molar-refractivity contribution in [3.63, 3.8) is 0 Å². The van der Waals surface area contributed by atoms with E-state index >= 15 is 0 Å². The van der Waals surface area contributed by atoms with Crippen LogP contribution < -0.4 is 9.46 Å². The third-order valence-electron chi connectivity index (χ3n) is 4.40. The van der Waals surface area contributed by atoms with E-state index in [0.717, 1.165) is 31.5 Å². The molecule has 1 saturated heterocycles. The Kier molecular flexibility index (Phi) is 7.51.